The minimum Gasteiger partial charge on any atom is -1.00 e. The third kappa shape index (κ3) is 16.4. The second-order valence-electron chi connectivity index (χ2n) is 10.6. The predicted octanol–water partition coefficient (Wildman–Crippen LogP) is 1.25. The average Bonchev–Trinajstić information content (AvgIpc) is 3.34. The molecule has 0 N–H and O–H groups in total. The van der Waals surface area contributed by atoms with Gasteiger partial charge in [-0.15, -0.1) is 6.42 Å². The zero-order valence-electron chi connectivity index (χ0n) is 24.0. The molecule has 5 heteroatoms. The van der Waals surface area contributed by atoms with Gasteiger partial charge in [0.25, 0.3) is 0 Å². The van der Waals surface area contributed by atoms with Gasteiger partial charge in [0.1, 0.15) is 0 Å². The van der Waals surface area contributed by atoms with E-state index >= 15 is 0 Å². The van der Waals surface area contributed by atoms with Crippen molar-refractivity contribution in [2.24, 2.45) is 0 Å². The molecule has 0 amide bonds. The smallest absolute Gasteiger partial charge is 1.00 e. The van der Waals surface area contributed by atoms with Crippen molar-refractivity contribution in [2.75, 3.05) is 0 Å². The van der Waals surface area contributed by atoms with E-state index < -0.39 is 8.07 Å². The van der Waals surface area contributed by atoms with Crippen LogP contribution >= 0.6 is 0 Å². The monoisotopic (exact) mass is 618 g/mol. The Kier molecular flexibility index (Phi) is 30.3. The number of allylic oxidation sites excluding steroid dienone is 4. The van der Waals surface area contributed by atoms with Gasteiger partial charge < -0.3 is 37.2 Å². The van der Waals surface area contributed by atoms with Crippen molar-refractivity contribution < 1.29 is 58.9 Å². The molecule has 210 valence electrons. The first-order chi connectivity index (χ1) is 16.2. The molecule has 0 aliphatic heterocycles. The van der Waals surface area contributed by atoms with E-state index in [1.54, 1.807) is 10.4 Å². The minimum absolute atomic E-state index is 0. The van der Waals surface area contributed by atoms with E-state index in [0.29, 0.717) is 0 Å². The number of hydrogen-bond donors (Lipinski definition) is 0. The van der Waals surface area contributed by atoms with Crippen LogP contribution in [0.2, 0.25) is 12.6 Å². The van der Waals surface area contributed by atoms with Crippen molar-refractivity contribution in [3.8, 4) is 0 Å². The molecule has 1 unspecified atom stereocenters. The quantitative estimate of drug-likeness (QED) is 0.117. The summed E-state index contributed by atoms with van der Waals surface area (Å²) in [6.45, 7) is 7.22. The Morgan fingerprint density at radius 2 is 1.08 bits per heavy atom. The van der Waals surface area contributed by atoms with Crippen LogP contribution in [0.1, 0.15) is 129 Å². The molecular weight excluding hydrogens is 567 g/mol. The first kappa shape index (κ1) is 42.0. The summed E-state index contributed by atoms with van der Waals surface area (Å²) in [6, 6.07) is 12.8. The van der Waals surface area contributed by atoms with Gasteiger partial charge in [-0.3, -0.25) is 6.08 Å². The van der Waals surface area contributed by atoms with Crippen molar-refractivity contribution in [3.63, 3.8) is 0 Å². The fraction of sp³-hybridized carbons (Fsp3) is 0.688. The van der Waals surface area contributed by atoms with Crippen molar-refractivity contribution in [3.05, 3.63) is 53.3 Å². The number of hydrogen-bond acceptors (Lipinski definition) is 0. The van der Waals surface area contributed by atoms with Crippen LogP contribution in [0.3, 0.4) is 0 Å². The van der Waals surface area contributed by atoms with Gasteiger partial charge in [-0.25, -0.2) is 5.57 Å². The summed E-state index contributed by atoms with van der Waals surface area (Å²) in [5.74, 6) is 0. The molecule has 2 rings (SSSR count). The van der Waals surface area contributed by atoms with Crippen molar-refractivity contribution >= 4 is 13.3 Å². The van der Waals surface area contributed by atoms with E-state index in [-0.39, 0.29) is 58.9 Å². The zero-order chi connectivity index (χ0) is 23.6. The Hall–Kier alpha value is 0.501. The predicted molar refractivity (Wildman–Crippen MR) is 152 cm³/mol. The molecule has 1 atom stereocenters. The van der Waals surface area contributed by atoms with E-state index in [1.165, 1.54) is 114 Å². The first-order valence-corrected chi connectivity index (χ1v) is 17.3. The minimum atomic E-state index is -1.62. The number of benzene rings is 1. The first-order valence-electron chi connectivity index (χ1n) is 14.6. The summed E-state index contributed by atoms with van der Waals surface area (Å²) in [6.07, 6.45) is 31.4. The molecule has 0 spiro atoms. The third-order valence-corrected chi connectivity index (χ3v) is 12.5. The molecule has 0 radical (unpaired) electrons. The third-order valence-electron chi connectivity index (χ3n) is 7.84. The largest absolute Gasteiger partial charge is 4.00 e. The van der Waals surface area contributed by atoms with E-state index in [4.69, 9.17) is 0 Å². The summed E-state index contributed by atoms with van der Waals surface area (Å²) in [5.41, 5.74) is 1.52. The summed E-state index contributed by atoms with van der Waals surface area (Å²) < 4.78 is 0. The Labute approximate surface area is 265 Å². The molecule has 0 nitrogen and oxygen atoms in total. The summed E-state index contributed by atoms with van der Waals surface area (Å²) in [4.78, 5) is 0. The summed E-state index contributed by atoms with van der Waals surface area (Å²) >= 11 is 0. The van der Waals surface area contributed by atoms with Crippen molar-refractivity contribution in [1.82, 2.24) is 0 Å². The number of rotatable bonds is 20. The average molecular weight is 620 g/mol. The Balaban J connectivity index is -0.00000289. The molecule has 0 fully saturated rings. The maximum atomic E-state index is 3.65. The maximum Gasteiger partial charge on any atom is 4.00 e. The molecule has 0 saturated heterocycles. The molecule has 0 bridgehead atoms. The van der Waals surface area contributed by atoms with Crippen molar-refractivity contribution in [1.29, 1.82) is 0 Å². The van der Waals surface area contributed by atoms with E-state index in [1.807, 2.05) is 0 Å². The van der Waals surface area contributed by atoms with Crippen LogP contribution in [0.15, 0.2) is 47.2 Å². The molecule has 1 aliphatic carbocycles. The van der Waals surface area contributed by atoms with Gasteiger partial charge >= 0.3 is 21.7 Å². The van der Waals surface area contributed by atoms with Gasteiger partial charge in [-0.1, -0.05) is 171 Å². The SMILES string of the molecule is CCCCCCCCCCCCCCCCCC[Si](C)(C1=CC[C-]=C1CC)c1ccccc1.[Cl-].[Cl-].[Cl-].[Ti+4]. The molecule has 37 heavy (non-hydrogen) atoms. The van der Waals surface area contributed by atoms with Crippen LogP contribution in [0.25, 0.3) is 0 Å². The Morgan fingerprint density at radius 1 is 0.649 bits per heavy atom. The zero-order valence-corrected chi connectivity index (χ0v) is 28.9. The molecule has 0 saturated carbocycles. The van der Waals surface area contributed by atoms with E-state index in [9.17, 15) is 0 Å². The van der Waals surface area contributed by atoms with Crippen LogP contribution in [0.4, 0.5) is 0 Å². The second kappa shape index (κ2) is 26.7. The molecule has 0 heterocycles. The van der Waals surface area contributed by atoms with Gasteiger partial charge in [-0.2, -0.15) is 11.3 Å². The number of unbranched alkanes of at least 4 members (excludes halogenated alkanes) is 15. The van der Waals surface area contributed by atoms with Gasteiger partial charge in [0, 0.05) is 8.07 Å². The fourth-order valence-electron chi connectivity index (χ4n) is 5.64. The standard InChI is InChI=1S/C32H53Si.3ClH.Ti/c1-4-6-7-8-9-10-11-12-13-14-15-16-17-18-19-23-29-33(3,31-26-21-20-22-27-31)32-28-24-25-30(32)5-2;;;;/h20-22,26-28H,4-19,23-24,29H2,1-3H3;3*1H;/q-1;;;;+4/p-3. The Morgan fingerprint density at radius 3 is 1.51 bits per heavy atom. The van der Waals surface area contributed by atoms with Crippen LogP contribution in [-0.4, -0.2) is 8.07 Å². The van der Waals surface area contributed by atoms with Gasteiger partial charge in [-0.05, 0) is 0 Å². The molecule has 0 aromatic heterocycles. The molecule has 1 aromatic rings. The second-order valence-corrected chi connectivity index (χ2v) is 14.9. The van der Waals surface area contributed by atoms with Crippen LogP contribution in [0.5, 0.6) is 0 Å². The van der Waals surface area contributed by atoms with Crippen LogP contribution < -0.4 is 42.4 Å². The fourth-order valence-corrected chi connectivity index (χ4v) is 9.87. The molecule has 1 aromatic carbocycles. The van der Waals surface area contributed by atoms with Crippen LogP contribution in [-0.2, 0) is 21.7 Å². The Bertz CT molecular complexity index is 693. The van der Waals surface area contributed by atoms with E-state index in [2.05, 4.69) is 62.9 Å². The van der Waals surface area contributed by atoms with E-state index in [0.717, 1.165) is 12.8 Å². The topological polar surface area (TPSA) is 0 Å². The maximum absolute atomic E-state index is 3.65. The molecular formula is C32H53Cl3SiTi. The molecule has 1 aliphatic rings. The van der Waals surface area contributed by atoms with Crippen molar-refractivity contribution in [2.45, 2.75) is 142 Å². The van der Waals surface area contributed by atoms with Crippen LogP contribution in [0, 0.1) is 6.08 Å². The summed E-state index contributed by atoms with van der Waals surface area (Å²) in [5, 5.41) is 3.31. The summed E-state index contributed by atoms with van der Waals surface area (Å²) in [7, 11) is -1.62. The van der Waals surface area contributed by atoms with Gasteiger partial charge in [0.05, 0.1) is 0 Å². The van der Waals surface area contributed by atoms with Gasteiger partial charge in [0.15, 0.2) is 0 Å². The van der Waals surface area contributed by atoms with Gasteiger partial charge in [0.2, 0.25) is 0 Å². The number of halogens is 3. The normalized spacial score (nSPS) is 13.7.